The van der Waals surface area contributed by atoms with Gasteiger partial charge in [-0.1, -0.05) is 36.1 Å². The maximum atomic E-state index is 14.4. The Morgan fingerprint density at radius 2 is 1.85 bits per heavy atom. The van der Waals surface area contributed by atoms with Gasteiger partial charge >= 0.3 is 6.61 Å². The molecule has 0 spiro atoms. The van der Waals surface area contributed by atoms with Crippen molar-refractivity contribution in [2.75, 3.05) is 0 Å². The van der Waals surface area contributed by atoms with Gasteiger partial charge < -0.3 is 4.74 Å². The summed E-state index contributed by atoms with van der Waals surface area (Å²) in [6, 6.07) is 7.88. The summed E-state index contributed by atoms with van der Waals surface area (Å²) in [4.78, 5) is 0. The molecule has 0 heterocycles. The van der Waals surface area contributed by atoms with Gasteiger partial charge in [-0.2, -0.15) is 8.78 Å². The van der Waals surface area contributed by atoms with Crippen LogP contribution in [0.3, 0.4) is 0 Å². The molecule has 0 aliphatic heterocycles. The highest BCUT2D eigenvalue weighted by Gasteiger charge is 2.18. The molecule has 0 saturated heterocycles. The van der Waals surface area contributed by atoms with E-state index >= 15 is 0 Å². The van der Waals surface area contributed by atoms with Crippen molar-refractivity contribution in [1.29, 1.82) is 0 Å². The molecule has 136 valence electrons. The number of ether oxygens (including phenoxy) is 1. The molecule has 0 unspecified atom stereocenters. The molecule has 0 aromatic heterocycles. The lowest BCUT2D eigenvalue weighted by Gasteiger charge is -2.23. The van der Waals surface area contributed by atoms with E-state index in [1.807, 2.05) is 13.0 Å². The van der Waals surface area contributed by atoms with Crippen LogP contribution < -0.4 is 4.74 Å². The molecule has 0 atom stereocenters. The predicted molar refractivity (Wildman–Crippen MR) is 97.7 cm³/mol. The van der Waals surface area contributed by atoms with Gasteiger partial charge in [0.05, 0.1) is 0 Å². The summed E-state index contributed by atoms with van der Waals surface area (Å²) in [5.41, 5.74) is 0.709. The van der Waals surface area contributed by atoms with E-state index in [4.69, 9.17) is 0 Å². The first kappa shape index (κ1) is 18.4. The Kier molecular flexibility index (Phi) is 5.88. The zero-order chi connectivity index (χ0) is 18.5. The maximum Gasteiger partial charge on any atom is 0.387 e. The third kappa shape index (κ3) is 4.22. The van der Waals surface area contributed by atoms with Crippen molar-refractivity contribution in [3.63, 3.8) is 0 Å². The lowest BCUT2D eigenvalue weighted by molar-refractivity contribution is -0.0520. The van der Waals surface area contributed by atoms with E-state index in [9.17, 15) is 13.2 Å². The molecule has 1 aliphatic carbocycles. The minimum atomic E-state index is -3.05. The van der Waals surface area contributed by atoms with Crippen molar-refractivity contribution in [3.8, 4) is 17.6 Å². The lowest BCUT2D eigenvalue weighted by atomic mass is 9.82. The molecule has 2 aromatic carbocycles. The molecule has 3 rings (SSSR count). The fraction of sp³-hybridized carbons (Fsp3) is 0.364. The van der Waals surface area contributed by atoms with Crippen molar-refractivity contribution < 1.29 is 17.9 Å². The topological polar surface area (TPSA) is 9.23 Å². The van der Waals surface area contributed by atoms with Crippen LogP contribution in [0.25, 0.3) is 10.8 Å². The monoisotopic (exact) mass is 358 g/mol. The van der Waals surface area contributed by atoms with Crippen LogP contribution in [-0.2, 0) is 0 Å². The summed E-state index contributed by atoms with van der Waals surface area (Å²) >= 11 is 0. The van der Waals surface area contributed by atoms with Crippen molar-refractivity contribution in [1.82, 2.24) is 0 Å². The highest BCUT2D eigenvalue weighted by Crippen LogP contribution is 2.31. The van der Waals surface area contributed by atoms with Crippen LogP contribution in [0.2, 0.25) is 0 Å². The van der Waals surface area contributed by atoms with E-state index in [0.29, 0.717) is 22.8 Å². The zero-order valence-corrected chi connectivity index (χ0v) is 14.6. The van der Waals surface area contributed by atoms with E-state index < -0.39 is 18.2 Å². The largest absolute Gasteiger partial charge is 0.432 e. The molecular weight excluding hydrogens is 337 g/mol. The summed E-state index contributed by atoms with van der Waals surface area (Å²) < 4.78 is 43.4. The number of benzene rings is 2. The lowest BCUT2D eigenvalue weighted by Crippen LogP contribution is -2.11. The van der Waals surface area contributed by atoms with Crippen LogP contribution in [0.15, 0.2) is 42.5 Å². The highest BCUT2D eigenvalue weighted by molar-refractivity contribution is 5.89. The fourth-order valence-corrected chi connectivity index (χ4v) is 3.51. The minimum Gasteiger partial charge on any atom is -0.432 e. The quantitative estimate of drug-likeness (QED) is 0.461. The number of alkyl halides is 2. The van der Waals surface area contributed by atoms with Crippen molar-refractivity contribution in [3.05, 3.63) is 53.9 Å². The third-order valence-corrected chi connectivity index (χ3v) is 4.82. The molecule has 0 amide bonds. The molecule has 4 heteroatoms. The Labute approximate surface area is 151 Å². The first-order valence-electron chi connectivity index (χ1n) is 8.89. The first-order chi connectivity index (χ1) is 12.6. The number of hydrogen-bond donors (Lipinski definition) is 0. The van der Waals surface area contributed by atoms with Crippen LogP contribution in [-0.4, -0.2) is 6.61 Å². The van der Waals surface area contributed by atoms with Gasteiger partial charge in [0.25, 0.3) is 0 Å². The molecule has 1 saturated carbocycles. The molecule has 0 bridgehead atoms. The second-order valence-corrected chi connectivity index (χ2v) is 6.56. The maximum absolute atomic E-state index is 14.4. The van der Waals surface area contributed by atoms with Crippen LogP contribution in [0.5, 0.6) is 5.75 Å². The molecule has 1 nitrogen and oxygen atoms in total. The number of halogens is 3. The minimum absolute atomic E-state index is 0.242. The average molecular weight is 358 g/mol. The molecule has 1 aliphatic rings. The molecule has 0 radical (unpaired) electrons. The molecule has 26 heavy (non-hydrogen) atoms. The SMILES string of the molecule is C/C=C/C1CCC(C#Cc2cccc3c(F)c(OC(F)F)ccc23)CC1. The van der Waals surface area contributed by atoms with E-state index in [-0.39, 0.29) is 5.39 Å². The molecule has 0 N–H and O–H groups in total. The summed E-state index contributed by atoms with van der Waals surface area (Å²) in [5, 5.41) is 0.855. The normalized spacial score (nSPS) is 20.3. The van der Waals surface area contributed by atoms with E-state index in [2.05, 4.69) is 28.7 Å². The van der Waals surface area contributed by atoms with Gasteiger partial charge in [0, 0.05) is 22.3 Å². The fourth-order valence-electron chi connectivity index (χ4n) is 3.51. The van der Waals surface area contributed by atoms with Crippen molar-refractivity contribution in [2.24, 2.45) is 11.8 Å². The second-order valence-electron chi connectivity index (χ2n) is 6.56. The second kappa shape index (κ2) is 8.31. The average Bonchev–Trinajstić information content (AvgIpc) is 2.63. The molecule has 2 aromatic rings. The Hall–Kier alpha value is -2.41. The van der Waals surface area contributed by atoms with Gasteiger partial charge in [-0.25, -0.2) is 4.39 Å². The number of fused-ring (bicyclic) bond motifs is 1. The van der Waals surface area contributed by atoms with Gasteiger partial charge in [-0.05, 0) is 56.7 Å². The predicted octanol–water partition coefficient (Wildman–Crippen LogP) is 6.31. The van der Waals surface area contributed by atoms with Crippen LogP contribution in [0, 0.1) is 29.5 Å². The van der Waals surface area contributed by atoms with Crippen LogP contribution >= 0.6 is 0 Å². The Morgan fingerprint density at radius 3 is 2.54 bits per heavy atom. The van der Waals surface area contributed by atoms with Gasteiger partial charge in [-0.3, -0.25) is 0 Å². The van der Waals surface area contributed by atoms with Gasteiger partial charge in [0.2, 0.25) is 0 Å². The van der Waals surface area contributed by atoms with Gasteiger partial charge in [0.1, 0.15) is 0 Å². The Bertz CT molecular complexity index is 853. The third-order valence-electron chi connectivity index (χ3n) is 4.82. The summed E-state index contributed by atoms with van der Waals surface area (Å²) in [7, 11) is 0. The molecule has 1 fully saturated rings. The smallest absolute Gasteiger partial charge is 0.387 e. The summed E-state index contributed by atoms with van der Waals surface area (Å²) in [6.45, 7) is -1.01. The van der Waals surface area contributed by atoms with Crippen LogP contribution in [0.1, 0.15) is 38.2 Å². The van der Waals surface area contributed by atoms with Crippen molar-refractivity contribution in [2.45, 2.75) is 39.2 Å². The van der Waals surface area contributed by atoms with Gasteiger partial charge in [0.15, 0.2) is 11.6 Å². The standard InChI is InChI=1S/C22H21F3O/c1-2-4-15-7-9-16(10-8-15)11-12-17-5-3-6-19-18(17)13-14-20(21(19)23)26-22(24)25/h2-6,13-16,22H,7-10H2,1H3/b4-2+. The first-order valence-corrected chi connectivity index (χ1v) is 8.89. The van der Waals surface area contributed by atoms with E-state index in [1.165, 1.54) is 6.07 Å². The number of allylic oxidation sites excluding steroid dienone is 2. The Morgan fingerprint density at radius 1 is 1.08 bits per heavy atom. The zero-order valence-electron chi connectivity index (χ0n) is 14.6. The molecular formula is C22H21F3O. The van der Waals surface area contributed by atoms with E-state index in [0.717, 1.165) is 25.7 Å². The summed E-state index contributed by atoms with van der Waals surface area (Å²) in [6.07, 6.45) is 8.77. The highest BCUT2D eigenvalue weighted by atomic mass is 19.3. The number of hydrogen-bond acceptors (Lipinski definition) is 1. The Balaban J connectivity index is 1.83. The van der Waals surface area contributed by atoms with E-state index in [1.54, 1.807) is 18.2 Å². The van der Waals surface area contributed by atoms with Crippen LogP contribution in [0.4, 0.5) is 13.2 Å². The van der Waals surface area contributed by atoms with Gasteiger partial charge in [-0.15, -0.1) is 0 Å². The summed E-state index contributed by atoms with van der Waals surface area (Å²) in [5.74, 6) is 6.25. The number of rotatable bonds is 3. The van der Waals surface area contributed by atoms with Crippen molar-refractivity contribution >= 4 is 10.8 Å².